The van der Waals surface area contributed by atoms with Gasteiger partial charge in [0, 0.05) is 0 Å². The van der Waals surface area contributed by atoms with E-state index in [4.69, 9.17) is 9.78 Å². The normalized spacial score (nSPS) is 33.4. The number of esters is 1. The number of hydrogen-bond acceptors (Lipinski definition) is 5. The van der Waals surface area contributed by atoms with Gasteiger partial charge in [-0.3, -0.25) is 4.79 Å². The van der Waals surface area contributed by atoms with Gasteiger partial charge in [-0.25, -0.2) is 9.78 Å². The number of rotatable bonds is 5. The maximum absolute atomic E-state index is 11.2. The highest BCUT2D eigenvalue weighted by Crippen LogP contribution is 2.36. The molecule has 100 valence electrons. The van der Waals surface area contributed by atoms with Crippen LogP contribution in [0.1, 0.15) is 39.5 Å². The van der Waals surface area contributed by atoms with Crippen LogP contribution in [0.3, 0.4) is 0 Å². The Morgan fingerprint density at radius 2 is 2.24 bits per heavy atom. The molecule has 0 aliphatic carbocycles. The summed E-state index contributed by atoms with van der Waals surface area (Å²) in [4.78, 5) is 21.8. The second-order valence-corrected chi connectivity index (χ2v) is 4.57. The van der Waals surface area contributed by atoms with Crippen LogP contribution in [-0.4, -0.2) is 36.5 Å². The van der Waals surface area contributed by atoms with Crippen LogP contribution in [0.15, 0.2) is 0 Å². The zero-order valence-corrected chi connectivity index (χ0v) is 10.8. The van der Waals surface area contributed by atoms with Gasteiger partial charge in [-0.1, -0.05) is 20.3 Å². The van der Waals surface area contributed by atoms with E-state index in [0.717, 1.165) is 6.42 Å². The number of ether oxygens (including phenoxy) is 1. The second kappa shape index (κ2) is 6.33. The Balaban J connectivity index is 2.64. The van der Waals surface area contributed by atoms with Gasteiger partial charge in [0.05, 0.1) is 20.1 Å². The van der Waals surface area contributed by atoms with Crippen molar-refractivity contribution >= 4 is 5.97 Å². The SMILES string of the molecule is CC[C@@H]1C[C@@](CC)(CO)OO[C@H]1CC(=O)OC. The number of hydrogen-bond donors (Lipinski definition) is 1. The predicted molar refractivity (Wildman–Crippen MR) is 61.1 cm³/mol. The summed E-state index contributed by atoms with van der Waals surface area (Å²) >= 11 is 0. The highest BCUT2D eigenvalue weighted by molar-refractivity contribution is 5.69. The van der Waals surface area contributed by atoms with E-state index in [2.05, 4.69) is 4.74 Å². The maximum atomic E-state index is 11.2. The third-order valence-corrected chi connectivity index (χ3v) is 3.56. The Morgan fingerprint density at radius 3 is 2.71 bits per heavy atom. The lowest BCUT2D eigenvalue weighted by molar-refractivity contribution is -0.425. The van der Waals surface area contributed by atoms with Gasteiger partial charge < -0.3 is 9.84 Å². The van der Waals surface area contributed by atoms with Crippen LogP contribution < -0.4 is 0 Å². The molecule has 17 heavy (non-hydrogen) atoms. The zero-order chi connectivity index (χ0) is 12.9. The average molecular weight is 246 g/mol. The Labute approximate surface area is 102 Å². The molecular formula is C12H22O5. The molecule has 5 heteroatoms. The maximum Gasteiger partial charge on any atom is 0.308 e. The highest BCUT2D eigenvalue weighted by atomic mass is 17.2. The first kappa shape index (κ1) is 14.4. The molecule has 1 aliphatic rings. The van der Waals surface area contributed by atoms with E-state index in [1.165, 1.54) is 7.11 Å². The average Bonchev–Trinajstić information content (AvgIpc) is 2.39. The molecule has 0 aromatic carbocycles. The van der Waals surface area contributed by atoms with Gasteiger partial charge in [-0.2, -0.15) is 0 Å². The van der Waals surface area contributed by atoms with Gasteiger partial charge in [0.25, 0.3) is 0 Å². The number of carbonyl (C=O) groups is 1. The molecule has 0 spiro atoms. The monoisotopic (exact) mass is 246 g/mol. The molecule has 0 aromatic heterocycles. The van der Waals surface area contributed by atoms with Gasteiger partial charge >= 0.3 is 5.97 Å². The molecule has 0 bridgehead atoms. The van der Waals surface area contributed by atoms with Gasteiger partial charge in [0.2, 0.25) is 0 Å². The number of carbonyl (C=O) groups excluding carboxylic acids is 1. The Kier molecular flexibility index (Phi) is 5.36. The van der Waals surface area contributed by atoms with Crippen LogP contribution in [-0.2, 0) is 19.3 Å². The lowest BCUT2D eigenvalue weighted by atomic mass is 9.82. The fourth-order valence-electron chi connectivity index (χ4n) is 2.15. The summed E-state index contributed by atoms with van der Waals surface area (Å²) in [6.45, 7) is 3.93. The number of aliphatic hydroxyl groups excluding tert-OH is 1. The minimum absolute atomic E-state index is 0.0645. The second-order valence-electron chi connectivity index (χ2n) is 4.57. The van der Waals surface area contributed by atoms with Gasteiger partial charge in [0.15, 0.2) is 0 Å². The Hall–Kier alpha value is -0.650. The molecule has 5 nitrogen and oxygen atoms in total. The first-order valence-corrected chi connectivity index (χ1v) is 6.13. The predicted octanol–water partition coefficient (Wildman–Crippen LogP) is 1.44. The fourth-order valence-corrected chi connectivity index (χ4v) is 2.15. The first-order chi connectivity index (χ1) is 8.10. The summed E-state index contributed by atoms with van der Waals surface area (Å²) < 4.78 is 4.63. The molecule has 1 saturated heterocycles. The summed E-state index contributed by atoms with van der Waals surface area (Å²) in [6.07, 6.45) is 2.19. The third-order valence-electron chi connectivity index (χ3n) is 3.56. The summed E-state index contributed by atoms with van der Waals surface area (Å²) in [5, 5.41) is 9.37. The van der Waals surface area contributed by atoms with Gasteiger partial charge in [-0.05, 0) is 18.8 Å². The van der Waals surface area contributed by atoms with Crippen molar-refractivity contribution in [1.29, 1.82) is 0 Å². The minimum Gasteiger partial charge on any atom is -0.469 e. The third kappa shape index (κ3) is 3.40. The quantitative estimate of drug-likeness (QED) is 0.587. The van der Waals surface area contributed by atoms with Crippen LogP contribution >= 0.6 is 0 Å². The van der Waals surface area contributed by atoms with Crippen molar-refractivity contribution in [1.82, 2.24) is 0 Å². The van der Waals surface area contributed by atoms with Crippen LogP contribution in [0.25, 0.3) is 0 Å². The molecule has 1 heterocycles. The topological polar surface area (TPSA) is 65.0 Å². The van der Waals surface area contributed by atoms with E-state index in [0.29, 0.717) is 12.8 Å². The largest absolute Gasteiger partial charge is 0.469 e. The van der Waals surface area contributed by atoms with E-state index in [1.807, 2.05) is 13.8 Å². The molecule has 1 N–H and O–H groups in total. The smallest absolute Gasteiger partial charge is 0.308 e. The molecule has 1 fully saturated rings. The molecule has 0 aromatic rings. The van der Waals surface area contributed by atoms with Crippen LogP contribution in [0.4, 0.5) is 0 Å². The van der Waals surface area contributed by atoms with Crippen LogP contribution in [0.5, 0.6) is 0 Å². The molecule has 1 rings (SSSR count). The summed E-state index contributed by atoms with van der Waals surface area (Å²) in [6, 6.07) is 0. The van der Waals surface area contributed by atoms with Crippen LogP contribution in [0, 0.1) is 5.92 Å². The first-order valence-electron chi connectivity index (χ1n) is 6.13. The molecule has 0 saturated carbocycles. The summed E-state index contributed by atoms with van der Waals surface area (Å²) in [7, 11) is 1.36. The van der Waals surface area contributed by atoms with E-state index < -0.39 is 5.60 Å². The van der Waals surface area contributed by atoms with Gasteiger partial charge in [-0.15, -0.1) is 0 Å². The summed E-state index contributed by atoms with van der Waals surface area (Å²) in [5.74, 6) is -0.0972. The van der Waals surface area contributed by atoms with E-state index in [-0.39, 0.29) is 31.0 Å². The Bertz CT molecular complexity index is 249. The molecule has 3 atom stereocenters. The van der Waals surface area contributed by atoms with Crippen molar-refractivity contribution < 1.29 is 24.4 Å². The summed E-state index contributed by atoms with van der Waals surface area (Å²) in [5.41, 5.74) is -0.618. The Morgan fingerprint density at radius 1 is 1.53 bits per heavy atom. The number of aliphatic hydroxyl groups is 1. The highest BCUT2D eigenvalue weighted by Gasteiger charge is 2.42. The fraction of sp³-hybridized carbons (Fsp3) is 0.917. The zero-order valence-electron chi connectivity index (χ0n) is 10.8. The van der Waals surface area contributed by atoms with Crippen molar-refractivity contribution in [2.75, 3.05) is 13.7 Å². The van der Waals surface area contributed by atoms with Crippen molar-refractivity contribution in [3.63, 3.8) is 0 Å². The lowest BCUT2D eigenvalue weighted by Crippen LogP contribution is -2.47. The molecule has 0 unspecified atom stereocenters. The lowest BCUT2D eigenvalue weighted by Gasteiger charge is -2.41. The standard InChI is InChI=1S/C12H22O5/c1-4-9-7-12(5-2,8-13)17-16-10(9)6-11(14)15-3/h9-10,13H,4-8H2,1-3H3/t9-,10+,12+/m1/s1. The molecule has 1 aliphatic heterocycles. The van der Waals surface area contributed by atoms with Crippen molar-refractivity contribution in [3.05, 3.63) is 0 Å². The molecule has 0 radical (unpaired) electrons. The number of methoxy groups -OCH3 is 1. The van der Waals surface area contributed by atoms with Gasteiger partial charge in [0.1, 0.15) is 11.7 Å². The molecular weight excluding hydrogens is 224 g/mol. The molecule has 0 amide bonds. The van der Waals surface area contributed by atoms with Crippen molar-refractivity contribution in [3.8, 4) is 0 Å². The van der Waals surface area contributed by atoms with E-state index >= 15 is 0 Å². The van der Waals surface area contributed by atoms with E-state index in [9.17, 15) is 9.90 Å². The van der Waals surface area contributed by atoms with Crippen molar-refractivity contribution in [2.45, 2.75) is 51.2 Å². The van der Waals surface area contributed by atoms with Crippen molar-refractivity contribution in [2.24, 2.45) is 5.92 Å². The van der Waals surface area contributed by atoms with E-state index in [1.54, 1.807) is 0 Å². The van der Waals surface area contributed by atoms with Crippen LogP contribution in [0.2, 0.25) is 0 Å². The minimum atomic E-state index is -0.618.